The summed E-state index contributed by atoms with van der Waals surface area (Å²) >= 11 is 0. The molecule has 1 aromatic rings. The quantitative estimate of drug-likeness (QED) is 0.744. The summed E-state index contributed by atoms with van der Waals surface area (Å²) in [6, 6.07) is 6.08. The normalized spacial score (nSPS) is 14.6. The lowest BCUT2D eigenvalue weighted by atomic mass is 9.69. The van der Waals surface area contributed by atoms with Gasteiger partial charge in [0.15, 0.2) is 0 Å². The van der Waals surface area contributed by atoms with Crippen LogP contribution in [0.4, 0.5) is 0 Å². The largest absolute Gasteiger partial charge is 0.466 e. The van der Waals surface area contributed by atoms with Crippen LogP contribution in [0.15, 0.2) is 23.3 Å². The van der Waals surface area contributed by atoms with E-state index in [4.69, 9.17) is 0 Å². The van der Waals surface area contributed by atoms with Gasteiger partial charge in [-0.1, -0.05) is 32.0 Å². The molecule has 4 heteroatoms. The van der Waals surface area contributed by atoms with E-state index in [0.29, 0.717) is 5.92 Å². The Labute approximate surface area is 96.9 Å². The first-order valence-corrected chi connectivity index (χ1v) is 5.66. The number of rotatable bonds is 2. The van der Waals surface area contributed by atoms with Gasteiger partial charge in [0.2, 0.25) is 0 Å². The van der Waals surface area contributed by atoms with E-state index >= 15 is 0 Å². The van der Waals surface area contributed by atoms with Gasteiger partial charge < -0.3 is 9.94 Å². The van der Waals surface area contributed by atoms with Crippen LogP contribution in [-0.4, -0.2) is 30.3 Å². The predicted octanol–water partition coefficient (Wildman–Crippen LogP) is 0.852. The standard InChI is InChI=1S/C12H17BN2O/c1-9(2)7-10-5-4-6-12-11(10)8-14-15(3)13(12)16/h4-6,8-9,16H,7H2,1-3H3. The number of fused-ring (bicyclic) bond motifs is 1. The third kappa shape index (κ3) is 1.98. The van der Waals surface area contributed by atoms with Crippen LogP contribution in [-0.2, 0) is 6.42 Å². The molecule has 84 valence electrons. The third-order valence-electron chi connectivity index (χ3n) is 2.86. The summed E-state index contributed by atoms with van der Waals surface area (Å²) in [7, 11) is 1.16. The Morgan fingerprint density at radius 3 is 2.88 bits per heavy atom. The molecule has 16 heavy (non-hydrogen) atoms. The Kier molecular flexibility index (Phi) is 3.01. The first-order valence-electron chi connectivity index (χ1n) is 5.66. The summed E-state index contributed by atoms with van der Waals surface area (Å²) in [5.74, 6) is 0.608. The maximum atomic E-state index is 10.0. The monoisotopic (exact) mass is 216 g/mol. The average molecular weight is 216 g/mol. The summed E-state index contributed by atoms with van der Waals surface area (Å²) < 4.78 is 0. The number of hydrazone groups is 1. The summed E-state index contributed by atoms with van der Waals surface area (Å²) in [4.78, 5) is 1.57. The second kappa shape index (κ2) is 4.30. The Morgan fingerprint density at radius 1 is 1.44 bits per heavy atom. The SMILES string of the molecule is CC(C)Cc1cccc2c1C=NN(C)B2O. The molecule has 1 aromatic carbocycles. The van der Waals surface area contributed by atoms with Crippen molar-refractivity contribution in [3.63, 3.8) is 0 Å². The van der Waals surface area contributed by atoms with Gasteiger partial charge >= 0.3 is 7.05 Å². The van der Waals surface area contributed by atoms with E-state index in [1.807, 2.05) is 18.3 Å². The maximum Gasteiger partial charge on any atom is 0.466 e. The highest BCUT2D eigenvalue weighted by Crippen LogP contribution is 2.14. The molecule has 1 aliphatic rings. The van der Waals surface area contributed by atoms with E-state index in [-0.39, 0.29) is 0 Å². The summed E-state index contributed by atoms with van der Waals surface area (Å²) in [6.07, 6.45) is 2.87. The number of nitrogens with zero attached hydrogens (tertiary/aromatic N) is 2. The lowest BCUT2D eigenvalue weighted by molar-refractivity contribution is 0.442. The second-order valence-corrected chi connectivity index (χ2v) is 4.71. The summed E-state index contributed by atoms with van der Waals surface area (Å²) in [5.41, 5.74) is 3.31. The van der Waals surface area contributed by atoms with Gasteiger partial charge in [-0.2, -0.15) is 5.10 Å². The minimum atomic E-state index is -0.618. The van der Waals surface area contributed by atoms with Crippen LogP contribution in [0.5, 0.6) is 0 Å². The van der Waals surface area contributed by atoms with E-state index in [0.717, 1.165) is 17.4 Å². The smallest absolute Gasteiger partial charge is 0.428 e. The van der Waals surface area contributed by atoms with Crippen molar-refractivity contribution in [2.75, 3.05) is 7.05 Å². The lowest BCUT2D eigenvalue weighted by Crippen LogP contribution is -2.48. The van der Waals surface area contributed by atoms with Crippen LogP contribution in [0.3, 0.4) is 0 Å². The van der Waals surface area contributed by atoms with Crippen molar-refractivity contribution in [3.8, 4) is 0 Å². The topological polar surface area (TPSA) is 35.8 Å². The highest BCUT2D eigenvalue weighted by Gasteiger charge is 2.27. The number of hydrogen-bond donors (Lipinski definition) is 1. The zero-order chi connectivity index (χ0) is 11.7. The van der Waals surface area contributed by atoms with Gasteiger partial charge in [0.25, 0.3) is 0 Å². The molecule has 0 spiro atoms. The van der Waals surface area contributed by atoms with Crippen LogP contribution >= 0.6 is 0 Å². The van der Waals surface area contributed by atoms with Gasteiger partial charge in [-0.25, -0.2) is 0 Å². The Hall–Kier alpha value is -1.29. The van der Waals surface area contributed by atoms with Crippen LogP contribution in [0.2, 0.25) is 0 Å². The van der Waals surface area contributed by atoms with Crippen LogP contribution < -0.4 is 5.46 Å². The van der Waals surface area contributed by atoms with Crippen molar-refractivity contribution >= 4 is 18.7 Å². The van der Waals surface area contributed by atoms with Crippen molar-refractivity contribution in [1.29, 1.82) is 0 Å². The van der Waals surface area contributed by atoms with Crippen LogP contribution in [0, 0.1) is 5.92 Å². The molecule has 1 heterocycles. The molecule has 0 saturated heterocycles. The highest BCUT2D eigenvalue weighted by molar-refractivity contribution is 6.65. The Morgan fingerprint density at radius 2 is 2.19 bits per heavy atom. The minimum absolute atomic E-state index is 0.608. The van der Waals surface area contributed by atoms with Crippen molar-refractivity contribution in [2.45, 2.75) is 20.3 Å². The molecule has 1 N–H and O–H groups in total. The fourth-order valence-electron chi connectivity index (χ4n) is 2.05. The second-order valence-electron chi connectivity index (χ2n) is 4.71. The van der Waals surface area contributed by atoms with Gasteiger partial charge in [-0.05, 0) is 28.9 Å². The van der Waals surface area contributed by atoms with E-state index in [9.17, 15) is 5.02 Å². The molecule has 2 rings (SSSR count). The van der Waals surface area contributed by atoms with Crippen molar-refractivity contribution in [3.05, 3.63) is 29.3 Å². The number of hydrogen-bond acceptors (Lipinski definition) is 3. The Balaban J connectivity index is 2.43. The number of benzene rings is 1. The fourth-order valence-corrected chi connectivity index (χ4v) is 2.05. The molecule has 0 unspecified atom stereocenters. The zero-order valence-corrected chi connectivity index (χ0v) is 10.0. The van der Waals surface area contributed by atoms with E-state index < -0.39 is 7.05 Å². The molecule has 0 aromatic heterocycles. The fraction of sp³-hybridized carbons (Fsp3) is 0.417. The molecule has 0 aliphatic carbocycles. The maximum absolute atomic E-state index is 10.0. The molecular formula is C12H17BN2O. The van der Waals surface area contributed by atoms with E-state index in [1.165, 1.54) is 5.56 Å². The molecule has 3 nitrogen and oxygen atoms in total. The third-order valence-corrected chi connectivity index (χ3v) is 2.86. The van der Waals surface area contributed by atoms with Gasteiger partial charge in [0.1, 0.15) is 0 Å². The first kappa shape index (κ1) is 11.2. The van der Waals surface area contributed by atoms with Crippen LogP contribution in [0.1, 0.15) is 25.0 Å². The molecule has 0 amide bonds. The van der Waals surface area contributed by atoms with Crippen molar-refractivity contribution in [2.24, 2.45) is 11.0 Å². The molecule has 0 atom stereocenters. The van der Waals surface area contributed by atoms with E-state index in [1.54, 1.807) is 12.0 Å². The summed E-state index contributed by atoms with van der Waals surface area (Å²) in [6.45, 7) is 4.39. The predicted molar refractivity (Wildman–Crippen MR) is 67.9 cm³/mol. The molecule has 1 aliphatic heterocycles. The minimum Gasteiger partial charge on any atom is -0.428 e. The molecule has 0 radical (unpaired) electrons. The first-order chi connectivity index (χ1) is 7.59. The van der Waals surface area contributed by atoms with Gasteiger partial charge in [0, 0.05) is 7.05 Å². The van der Waals surface area contributed by atoms with Gasteiger partial charge in [-0.15, -0.1) is 0 Å². The zero-order valence-electron chi connectivity index (χ0n) is 10.0. The van der Waals surface area contributed by atoms with E-state index in [2.05, 4.69) is 25.0 Å². The average Bonchev–Trinajstić information content (AvgIpc) is 2.23. The molecule has 0 saturated carbocycles. The molecular weight excluding hydrogens is 199 g/mol. The van der Waals surface area contributed by atoms with Gasteiger partial charge in [0.05, 0.1) is 6.21 Å². The molecule has 0 fully saturated rings. The van der Waals surface area contributed by atoms with Crippen LogP contribution in [0.25, 0.3) is 0 Å². The van der Waals surface area contributed by atoms with Gasteiger partial charge in [-0.3, -0.25) is 0 Å². The lowest BCUT2D eigenvalue weighted by Gasteiger charge is -2.24. The van der Waals surface area contributed by atoms with Crippen molar-refractivity contribution in [1.82, 2.24) is 4.92 Å². The highest BCUT2D eigenvalue weighted by atomic mass is 16.2. The Bertz CT molecular complexity index is 417. The summed E-state index contributed by atoms with van der Waals surface area (Å²) in [5, 5.41) is 14.2. The molecule has 0 bridgehead atoms. The van der Waals surface area contributed by atoms with Crippen molar-refractivity contribution < 1.29 is 5.02 Å².